The van der Waals surface area contributed by atoms with Crippen LogP contribution in [0.25, 0.3) is 6.08 Å². The summed E-state index contributed by atoms with van der Waals surface area (Å²) in [5, 5.41) is 8.64. The Balaban J connectivity index is 2.93. The Morgan fingerprint density at radius 3 is 2.78 bits per heavy atom. The van der Waals surface area contributed by atoms with E-state index in [1.165, 1.54) is 13.2 Å². The molecule has 0 amide bonds. The number of hydrogen-bond donors (Lipinski definition) is 1. The van der Waals surface area contributed by atoms with Crippen LogP contribution >= 0.6 is 15.9 Å². The van der Waals surface area contributed by atoms with Gasteiger partial charge in [0, 0.05) is 17.0 Å². The molecule has 0 atom stereocenters. The average molecular weight is 313 g/mol. The fourth-order valence-corrected chi connectivity index (χ4v) is 2.02. The van der Waals surface area contributed by atoms with Crippen LogP contribution in [0.4, 0.5) is 0 Å². The van der Waals surface area contributed by atoms with Crippen molar-refractivity contribution in [1.29, 1.82) is 0 Å². The van der Waals surface area contributed by atoms with Crippen LogP contribution in [0.15, 0.2) is 28.7 Å². The van der Waals surface area contributed by atoms with Gasteiger partial charge < -0.3 is 9.84 Å². The standard InChI is InChI=1S/C13H13BrO4/c1-18-13(17)8-5-9-3-2-4-11(14)10(9)6-7-12(15)16/h2-4,6-7H,5,8H2,1H3,(H,15,16)/b7-6+. The lowest BCUT2D eigenvalue weighted by atomic mass is 10.0. The number of carbonyl (C=O) groups is 2. The van der Waals surface area contributed by atoms with Crippen LogP contribution in [0.3, 0.4) is 0 Å². The zero-order valence-electron chi connectivity index (χ0n) is 9.85. The lowest BCUT2D eigenvalue weighted by molar-refractivity contribution is -0.140. The van der Waals surface area contributed by atoms with E-state index in [4.69, 9.17) is 5.11 Å². The minimum absolute atomic E-state index is 0.265. The van der Waals surface area contributed by atoms with Gasteiger partial charge in [0.2, 0.25) is 0 Å². The molecule has 0 bridgehead atoms. The Kier molecular flexibility index (Phi) is 5.58. The molecule has 0 aromatic heterocycles. The molecule has 0 radical (unpaired) electrons. The molecule has 1 aromatic carbocycles. The average Bonchev–Trinajstić information content (AvgIpc) is 2.34. The summed E-state index contributed by atoms with van der Waals surface area (Å²) in [5.41, 5.74) is 1.66. The molecule has 5 heteroatoms. The normalized spacial score (nSPS) is 10.6. The summed E-state index contributed by atoms with van der Waals surface area (Å²) in [5.74, 6) is -1.30. The maximum absolute atomic E-state index is 11.1. The number of carboxylic acids is 1. The molecule has 1 N–H and O–H groups in total. The summed E-state index contributed by atoms with van der Waals surface area (Å²) in [4.78, 5) is 21.6. The van der Waals surface area contributed by atoms with Crippen LogP contribution in [-0.2, 0) is 20.7 Å². The highest BCUT2D eigenvalue weighted by Gasteiger charge is 2.07. The molecule has 18 heavy (non-hydrogen) atoms. The van der Waals surface area contributed by atoms with E-state index < -0.39 is 5.97 Å². The molecule has 1 aromatic rings. The fraction of sp³-hybridized carbons (Fsp3) is 0.231. The van der Waals surface area contributed by atoms with Crippen molar-refractivity contribution in [2.24, 2.45) is 0 Å². The molecule has 96 valence electrons. The van der Waals surface area contributed by atoms with E-state index in [1.54, 1.807) is 0 Å². The fourth-order valence-electron chi connectivity index (χ4n) is 1.48. The SMILES string of the molecule is COC(=O)CCc1cccc(Br)c1/C=C/C(=O)O. The number of carboxylic acid groups (broad SMARTS) is 1. The zero-order valence-corrected chi connectivity index (χ0v) is 11.4. The molecule has 0 saturated carbocycles. The first-order valence-corrected chi connectivity index (χ1v) is 6.09. The van der Waals surface area contributed by atoms with Gasteiger partial charge in [-0.2, -0.15) is 0 Å². The summed E-state index contributed by atoms with van der Waals surface area (Å²) >= 11 is 3.36. The van der Waals surface area contributed by atoms with Gasteiger partial charge in [-0.25, -0.2) is 4.79 Å². The number of carbonyl (C=O) groups excluding carboxylic acids is 1. The van der Waals surface area contributed by atoms with Crippen molar-refractivity contribution in [3.63, 3.8) is 0 Å². The van der Waals surface area contributed by atoms with Gasteiger partial charge in [0.05, 0.1) is 7.11 Å². The Morgan fingerprint density at radius 1 is 1.44 bits per heavy atom. The number of aryl methyl sites for hydroxylation is 1. The number of aliphatic carboxylic acids is 1. The molecule has 0 aliphatic rings. The van der Waals surface area contributed by atoms with Crippen molar-refractivity contribution in [2.75, 3.05) is 7.11 Å². The van der Waals surface area contributed by atoms with Gasteiger partial charge in [0.1, 0.15) is 0 Å². The molecule has 0 heterocycles. The van der Waals surface area contributed by atoms with E-state index in [0.29, 0.717) is 6.42 Å². The number of esters is 1. The van der Waals surface area contributed by atoms with Crippen LogP contribution < -0.4 is 0 Å². The van der Waals surface area contributed by atoms with Gasteiger partial charge in [-0.1, -0.05) is 28.1 Å². The molecule has 0 unspecified atom stereocenters. The van der Waals surface area contributed by atoms with Crippen molar-refractivity contribution in [1.82, 2.24) is 0 Å². The van der Waals surface area contributed by atoms with Crippen molar-refractivity contribution in [3.8, 4) is 0 Å². The van der Waals surface area contributed by atoms with Crippen LogP contribution in [0.5, 0.6) is 0 Å². The van der Waals surface area contributed by atoms with E-state index >= 15 is 0 Å². The smallest absolute Gasteiger partial charge is 0.328 e. The van der Waals surface area contributed by atoms with Gasteiger partial charge in [0.25, 0.3) is 0 Å². The highest BCUT2D eigenvalue weighted by Crippen LogP contribution is 2.23. The van der Waals surface area contributed by atoms with E-state index in [-0.39, 0.29) is 12.4 Å². The maximum atomic E-state index is 11.1. The van der Waals surface area contributed by atoms with E-state index in [9.17, 15) is 9.59 Å². The number of halogens is 1. The highest BCUT2D eigenvalue weighted by molar-refractivity contribution is 9.10. The van der Waals surface area contributed by atoms with Crippen LogP contribution in [0.2, 0.25) is 0 Å². The van der Waals surface area contributed by atoms with Crippen LogP contribution in [0, 0.1) is 0 Å². The Labute approximate surface area is 113 Å². The summed E-state index contributed by atoms with van der Waals surface area (Å²) in [6.45, 7) is 0. The first-order valence-electron chi connectivity index (χ1n) is 5.30. The highest BCUT2D eigenvalue weighted by atomic mass is 79.9. The predicted molar refractivity (Wildman–Crippen MR) is 71.1 cm³/mol. The molecule has 0 aliphatic carbocycles. The third kappa shape index (κ3) is 4.33. The molecule has 0 saturated heterocycles. The minimum atomic E-state index is -1.01. The van der Waals surface area contributed by atoms with Gasteiger partial charge in [-0.15, -0.1) is 0 Å². The minimum Gasteiger partial charge on any atom is -0.478 e. The third-order valence-electron chi connectivity index (χ3n) is 2.36. The summed E-state index contributed by atoms with van der Waals surface area (Å²) in [7, 11) is 1.34. The van der Waals surface area contributed by atoms with Crippen molar-refractivity contribution >= 4 is 33.9 Å². The summed E-state index contributed by atoms with van der Waals surface area (Å²) < 4.78 is 5.37. The Morgan fingerprint density at radius 2 is 2.17 bits per heavy atom. The Hall–Kier alpha value is -1.62. The van der Waals surface area contributed by atoms with Crippen molar-refractivity contribution in [2.45, 2.75) is 12.8 Å². The molecule has 0 aliphatic heterocycles. The molecule has 1 rings (SSSR count). The maximum Gasteiger partial charge on any atom is 0.328 e. The second-order valence-electron chi connectivity index (χ2n) is 3.56. The number of ether oxygens (including phenoxy) is 1. The number of rotatable bonds is 5. The number of benzene rings is 1. The first kappa shape index (κ1) is 14.4. The summed E-state index contributed by atoms with van der Waals surface area (Å²) in [6, 6.07) is 5.52. The van der Waals surface area contributed by atoms with E-state index in [2.05, 4.69) is 20.7 Å². The third-order valence-corrected chi connectivity index (χ3v) is 3.05. The molecule has 4 nitrogen and oxygen atoms in total. The van der Waals surface area contributed by atoms with Crippen molar-refractivity contribution in [3.05, 3.63) is 39.9 Å². The summed E-state index contributed by atoms with van der Waals surface area (Å²) in [6.07, 6.45) is 3.35. The molecular formula is C13H13BrO4. The van der Waals surface area contributed by atoms with Gasteiger partial charge in [-0.3, -0.25) is 4.79 Å². The van der Waals surface area contributed by atoms with Gasteiger partial charge in [-0.05, 0) is 29.7 Å². The van der Waals surface area contributed by atoms with Gasteiger partial charge >= 0.3 is 11.9 Å². The number of hydrogen-bond acceptors (Lipinski definition) is 3. The Bertz CT molecular complexity index is 480. The quantitative estimate of drug-likeness (QED) is 0.670. The second kappa shape index (κ2) is 6.96. The van der Waals surface area contributed by atoms with Crippen LogP contribution in [-0.4, -0.2) is 24.2 Å². The molecular weight excluding hydrogens is 300 g/mol. The van der Waals surface area contributed by atoms with Crippen molar-refractivity contribution < 1.29 is 19.4 Å². The van der Waals surface area contributed by atoms with E-state index in [0.717, 1.165) is 21.7 Å². The largest absolute Gasteiger partial charge is 0.478 e. The zero-order chi connectivity index (χ0) is 13.5. The van der Waals surface area contributed by atoms with Crippen LogP contribution in [0.1, 0.15) is 17.5 Å². The predicted octanol–water partition coefficient (Wildman–Crippen LogP) is 2.65. The molecule has 0 fully saturated rings. The molecule has 0 spiro atoms. The van der Waals surface area contributed by atoms with E-state index in [1.807, 2.05) is 18.2 Å². The lowest BCUT2D eigenvalue weighted by Gasteiger charge is -2.07. The number of methoxy groups -OCH3 is 1. The lowest BCUT2D eigenvalue weighted by Crippen LogP contribution is -2.03. The second-order valence-corrected chi connectivity index (χ2v) is 4.41. The van der Waals surface area contributed by atoms with Gasteiger partial charge in [0.15, 0.2) is 0 Å². The topological polar surface area (TPSA) is 63.6 Å². The monoisotopic (exact) mass is 312 g/mol. The first-order chi connectivity index (χ1) is 8.54.